The summed E-state index contributed by atoms with van der Waals surface area (Å²) in [6, 6.07) is 84.0. The quantitative estimate of drug-likeness (QED) is 0.0688. The van der Waals surface area contributed by atoms with E-state index in [0.29, 0.717) is 35.2 Å². The van der Waals surface area contributed by atoms with Crippen LogP contribution < -0.4 is 9.47 Å². The van der Waals surface area contributed by atoms with Crippen LogP contribution in [0.2, 0.25) is 0 Å². The maximum atomic E-state index is 6.69. The number of aryl methyl sites for hydroxylation is 2. The number of imidazole rings is 2. The largest absolute Gasteiger partial charge is 2.00 e. The molecule has 8 heterocycles. The minimum atomic E-state index is -3.06. The van der Waals surface area contributed by atoms with E-state index in [1.165, 1.54) is 113 Å². The summed E-state index contributed by atoms with van der Waals surface area (Å²) in [7, 11) is 20.0. The molecule has 0 N–H and O–H groups in total. The predicted octanol–water partition coefficient (Wildman–Crippen LogP) is 25.9. The van der Waals surface area contributed by atoms with E-state index in [4.69, 9.17) is 67.1 Å². The second kappa shape index (κ2) is 33.3. The van der Waals surface area contributed by atoms with Crippen LogP contribution in [0.3, 0.4) is 0 Å². The summed E-state index contributed by atoms with van der Waals surface area (Å²) in [6.45, 7) is 22.4. The van der Waals surface area contributed by atoms with Crippen molar-refractivity contribution < 1.29 is 42.4 Å². The van der Waals surface area contributed by atoms with Crippen molar-refractivity contribution in [3.8, 4) is 57.1 Å². The Morgan fingerprint density at radius 2 is 0.769 bits per heavy atom. The van der Waals surface area contributed by atoms with Crippen LogP contribution in [-0.4, -0.2) is 101 Å². The number of aromatic nitrogens is 8. The molecule has 108 heavy (non-hydrogen) atoms. The Kier molecular flexibility index (Phi) is 24.2. The topological polar surface area (TPSA) is 88.7 Å². The summed E-state index contributed by atoms with van der Waals surface area (Å²) in [5.74, 6) is 5.96. The first-order valence-corrected chi connectivity index (χ1v) is 63.5. The van der Waals surface area contributed by atoms with Gasteiger partial charge in [0, 0.05) is 79.9 Å². The van der Waals surface area contributed by atoms with Crippen LogP contribution in [0.5, 0.6) is 23.0 Å². The summed E-state index contributed by atoms with van der Waals surface area (Å²) >= 11 is -0.556. The van der Waals surface area contributed by atoms with Crippen molar-refractivity contribution in [1.29, 1.82) is 0 Å². The van der Waals surface area contributed by atoms with Gasteiger partial charge in [0.15, 0.2) is 0 Å². The number of rotatable bonds is 12. The van der Waals surface area contributed by atoms with Gasteiger partial charge in [0.1, 0.15) is 28.8 Å². The number of fused-ring (bicyclic) bond motifs is 18. The molecule has 18 aromatic rings. The molecule has 18 rings (SSSR count). The number of ether oxygens (including phenoxy) is 2. The average Bonchev–Trinajstić information content (AvgIpc) is 1.52. The molecule has 0 fully saturated rings. The minimum Gasteiger partial charge on any atom is 2.00 e. The first kappa shape index (κ1) is 78.6. The fourth-order valence-electron chi connectivity index (χ4n) is 15.3. The number of hydrogen-bond acceptors (Lipinski definition) is 6. The fraction of sp³-hybridized carbons (Fsp3) is 0.156. The molecule has 0 bridgehead atoms. The molecule has 0 amide bonds. The smallest absolute Gasteiger partial charge is 2.00 e. The van der Waals surface area contributed by atoms with Crippen LogP contribution in [0, 0.1) is 26.0 Å². The second-order valence-corrected chi connectivity index (χ2v) is 47.7. The molecule has 0 spiro atoms. The molecule has 0 aliphatic carbocycles. The number of hydrogen-bond donors (Lipinski definition) is 0. The Labute approximate surface area is 707 Å². The van der Waals surface area contributed by atoms with Gasteiger partial charge in [-0.1, -0.05) is 187 Å². The van der Waals surface area contributed by atoms with E-state index in [1.54, 1.807) is 0 Å². The van der Waals surface area contributed by atoms with Crippen LogP contribution in [0.4, 0.5) is 0 Å². The van der Waals surface area contributed by atoms with Crippen molar-refractivity contribution in [3.63, 3.8) is 0 Å². The molecule has 10 aromatic carbocycles. The van der Waals surface area contributed by atoms with Crippen LogP contribution >= 0.6 is 37.7 Å². The SMILES string of the molecule is Cc1ccnc(-n2c3[c-]c(Oc4[c-]c5c(cc4)c4ccccc4n4c(-c6c(C(C)C)cccc6C(C)C)cnc54)ccc3c3ccccc32)c1.Cc1ccnc(-n2c3ccccc3c3ccc(Oc4ccc5c6ccccc6n6c(-c7c(C(C)C)cccc7C(C)C)cnc6c5c4)cc32)c1.[Cl][Pt]([Cl])([Cl])[Cl].[K][K].[Pt+2]. The minimum absolute atomic E-state index is 0. The third-order valence-corrected chi connectivity index (χ3v) is 19.9. The molecule has 0 aliphatic heterocycles. The number of halogens is 4. The molecular formula is C90H74Cl4K2N8O2Pt2. The zero-order valence-corrected chi connectivity index (χ0v) is 75.8. The number of pyridine rings is 4. The van der Waals surface area contributed by atoms with Crippen molar-refractivity contribution in [2.75, 3.05) is 0 Å². The van der Waals surface area contributed by atoms with E-state index in [-0.39, 0.29) is 21.1 Å². The Morgan fingerprint density at radius 3 is 1.29 bits per heavy atom. The van der Waals surface area contributed by atoms with Crippen LogP contribution in [0.1, 0.15) is 112 Å². The molecule has 0 atom stereocenters. The third-order valence-electron chi connectivity index (χ3n) is 19.9. The molecule has 8 aromatic heterocycles. The standard InChI is InChI=1S/C45H38N4O.C45H36N4O.4ClH.2K.2Pt/c2*1-27(2)32-13-10-14-33(28(3)4)44(32)42-26-47-45-38-24-30(17-19-34(38)35-11-6-9-16-40(35)49(42)45)50-31-18-20-37-36-12-7-8-15-39(36)48(41(37)25-31)43-23-29(5)21-22-46-43;;;;;;;;/h6-28H,1-5H3;6-23,26-28H,1-5H3;4*1H;;;;/q;-2;;;;;;;+2;+4/p-4. The van der Waals surface area contributed by atoms with Crippen molar-refractivity contribution in [2.24, 2.45) is 0 Å². The monoisotopic (exact) mass is 1910 g/mol. The molecule has 536 valence electrons. The first-order chi connectivity index (χ1) is 51.7. The predicted molar refractivity (Wildman–Crippen MR) is 447 cm³/mol. The van der Waals surface area contributed by atoms with Gasteiger partial charge in [-0.2, -0.15) is 6.07 Å². The van der Waals surface area contributed by atoms with Gasteiger partial charge in [-0.25, -0.2) is 15.0 Å². The van der Waals surface area contributed by atoms with Crippen molar-refractivity contribution in [1.82, 2.24) is 37.9 Å². The van der Waals surface area contributed by atoms with E-state index < -0.39 is 11.9 Å². The van der Waals surface area contributed by atoms with Gasteiger partial charge < -0.3 is 18.4 Å². The maximum Gasteiger partial charge on any atom is 2.00 e. The molecule has 0 aliphatic rings. The molecule has 0 radical (unpaired) electrons. The summed E-state index contributed by atoms with van der Waals surface area (Å²) in [4.78, 5) is 19.7. The van der Waals surface area contributed by atoms with Crippen LogP contribution in [0.25, 0.3) is 132 Å². The first-order valence-electron chi connectivity index (χ1n) is 36.2. The zero-order valence-electron chi connectivity index (χ0n) is 61.9. The summed E-state index contributed by atoms with van der Waals surface area (Å²) in [5, 5.41) is 11.1. The van der Waals surface area contributed by atoms with E-state index >= 15 is 0 Å². The van der Waals surface area contributed by atoms with Gasteiger partial charge in [-0.3, -0.25) is 14.0 Å². The Balaban J connectivity index is 0.000000165. The van der Waals surface area contributed by atoms with Crippen LogP contribution in [0.15, 0.2) is 243 Å². The average molecular weight is 1910 g/mol. The van der Waals surface area contributed by atoms with Crippen LogP contribution in [-0.2, 0) is 33.0 Å². The van der Waals surface area contributed by atoms with Gasteiger partial charge in [-0.05, 0) is 166 Å². The summed E-state index contributed by atoms with van der Waals surface area (Å²) < 4.78 is 22.3. The second-order valence-electron chi connectivity index (χ2n) is 28.0. The number of nitrogens with zero attached hydrogens (tertiary/aromatic N) is 8. The molecule has 18 heteroatoms. The normalized spacial score (nSPS) is 11.9. The summed E-state index contributed by atoms with van der Waals surface area (Å²) in [5.41, 5.74) is 20.6. The maximum absolute atomic E-state index is 6.69. The van der Waals surface area contributed by atoms with E-state index in [9.17, 15) is 0 Å². The van der Waals surface area contributed by atoms with Crippen molar-refractivity contribution in [3.05, 3.63) is 289 Å². The fourth-order valence-corrected chi connectivity index (χ4v) is 15.3. The molecular weight excluding hydrogens is 1840 g/mol. The van der Waals surface area contributed by atoms with Gasteiger partial charge in [0.05, 0.1) is 39.8 Å². The molecule has 10 nitrogen and oxygen atoms in total. The number of benzene rings is 10. The molecule has 0 saturated carbocycles. The molecule has 0 unspecified atom stereocenters. The number of para-hydroxylation sites is 4. The van der Waals surface area contributed by atoms with E-state index in [0.717, 1.165) is 128 Å². The zero-order chi connectivity index (χ0) is 74.7. The van der Waals surface area contributed by atoms with Gasteiger partial charge in [0.2, 0.25) is 0 Å². The van der Waals surface area contributed by atoms with Gasteiger partial charge in [-0.15, -0.1) is 29.7 Å². The van der Waals surface area contributed by atoms with E-state index in [2.05, 4.69) is 300 Å². The Bertz CT molecular complexity index is 6020. The van der Waals surface area contributed by atoms with Gasteiger partial charge in [0.25, 0.3) is 0 Å². The summed E-state index contributed by atoms with van der Waals surface area (Å²) in [6.07, 6.45) is 7.83. The Morgan fingerprint density at radius 1 is 0.370 bits per heavy atom. The van der Waals surface area contributed by atoms with Gasteiger partial charge >= 0.3 is 134 Å². The Hall–Kier alpha value is -6.07. The van der Waals surface area contributed by atoms with Crippen molar-refractivity contribution in [2.45, 2.75) is 92.9 Å². The third kappa shape index (κ3) is 15.4. The molecule has 0 saturated heterocycles. The van der Waals surface area contributed by atoms with Crippen molar-refractivity contribution >= 4 is 199 Å². The van der Waals surface area contributed by atoms with E-state index in [1.807, 2.05) is 42.9 Å².